The Balaban J connectivity index is 1.49. The van der Waals surface area contributed by atoms with E-state index in [0.29, 0.717) is 24.5 Å². The average Bonchev–Trinajstić information content (AvgIpc) is 2.66. The van der Waals surface area contributed by atoms with E-state index in [9.17, 15) is 0 Å². The van der Waals surface area contributed by atoms with Crippen molar-refractivity contribution in [3.8, 4) is 5.75 Å². The quantitative estimate of drug-likeness (QED) is 0.590. The van der Waals surface area contributed by atoms with E-state index in [1.165, 1.54) is 19.3 Å². The van der Waals surface area contributed by atoms with Gasteiger partial charge in [0.25, 0.3) is 0 Å². The zero-order valence-corrected chi connectivity index (χ0v) is 17.0. The molecule has 0 radical (unpaired) electrons. The van der Waals surface area contributed by atoms with Gasteiger partial charge in [0.05, 0.1) is 6.54 Å². The number of benzene rings is 1. The molecular weight excluding hydrogens is 352 g/mol. The summed E-state index contributed by atoms with van der Waals surface area (Å²) in [6, 6.07) is 10.4. The molecule has 1 aliphatic heterocycles. The van der Waals surface area contributed by atoms with E-state index in [0.717, 1.165) is 35.9 Å². The number of hydrogen-bond donors (Lipinski definition) is 2. The van der Waals surface area contributed by atoms with Crippen LogP contribution in [-0.4, -0.2) is 47.1 Å². The summed E-state index contributed by atoms with van der Waals surface area (Å²) in [4.78, 5) is 15.4. The monoisotopic (exact) mass is 382 g/mol. The molecule has 0 bridgehead atoms. The first kappa shape index (κ1) is 20.1. The second kappa shape index (κ2) is 9.50. The van der Waals surface area contributed by atoms with Crippen molar-refractivity contribution in [2.24, 2.45) is 10.7 Å². The number of ether oxygens (including phenoxy) is 1. The molecule has 0 spiro atoms. The van der Waals surface area contributed by atoms with Crippen LogP contribution in [0, 0.1) is 13.8 Å². The molecule has 0 amide bonds. The summed E-state index contributed by atoms with van der Waals surface area (Å²) in [5.74, 6) is 1.65. The molecule has 2 aromatic rings. The summed E-state index contributed by atoms with van der Waals surface area (Å²) >= 11 is 0. The number of nitrogens with zero attached hydrogens (tertiary/aromatic N) is 4. The van der Waals surface area contributed by atoms with Gasteiger partial charge >= 0.3 is 0 Å². The number of piperidine rings is 1. The lowest BCUT2D eigenvalue weighted by molar-refractivity contribution is 0.125. The largest absolute Gasteiger partial charge is 0.492 e. The van der Waals surface area contributed by atoms with Gasteiger partial charge in [-0.1, -0.05) is 18.6 Å². The van der Waals surface area contributed by atoms with E-state index in [1.54, 1.807) is 0 Å². The SMILES string of the molecule is Cc1cc(C)nc(NC(N)=NCc2ccc(OCC3CCCCN3C)cc2)n1. The molecule has 7 heteroatoms. The smallest absolute Gasteiger partial charge is 0.229 e. The van der Waals surface area contributed by atoms with Crippen LogP contribution in [0.25, 0.3) is 0 Å². The standard InChI is InChI=1S/C21H30N6O/c1-15-12-16(2)25-21(24-15)26-20(22)23-13-17-7-9-19(10-8-17)28-14-18-6-4-5-11-27(18)3/h7-10,12,18H,4-6,11,13-14H2,1-3H3,(H3,22,23,24,25,26). The van der Waals surface area contributed by atoms with Gasteiger partial charge in [-0.25, -0.2) is 15.0 Å². The zero-order valence-electron chi connectivity index (χ0n) is 17.0. The van der Waals surface area contributed by atoms with Gasteiger partial charge in [0.15, 0.2) is 5.96 Å². The number of rotatable bonds is 6. The number of aliphatic imine (C=N–C) groups is 1. The maximum absolute atomic E-state index is 5.97. The highest BCUT2D eigenvalue weighted by Crippen LogP contribution is 2.18. The number of guanidine groups is 1. The number of nitrogens with two attached hydrogens (primary N) is 1. The molecule has 3 rings (SSSR count). The predicted molar refractivity (Wildman–Crippen MR) is 113 cm³/mol. The van der Waals surface area contributed by atoms with Crippen molar-refractivity contribution < 1.29 is 4.74 Å². The normalized spacial score (nSPS) is 18.1. The predicted octanol–water partition coefficient (Wildman–Crippen LogP) is 2.88. The van der Waals surface area contributed by atoms with Crippen molar-refractivity contribution in [2.45, 2.75) is 45.7 Å². The molecule has 3 N–H and O–H groups in total. The molecule has 0 aliphatic carbocycles. The summed E-state index contributed by atoms with van der Waals surface area (Å²) < 4.78 is 5.97. The lowest BCUT2D eigenvalue weighted by Gasteiger charge is -2.32. The first-order valence-electron chi connectivity index (χ1n) is 9.81. The van der Waals surface area contributed by atoms with Gasteiger partial charge in [-0.3, -0.25) is 5.32 Å². The van der Waals surface area contributed by atoms with Gasteiger partial charge in [0.1, 0.15) is 12.4 Å². The summed E-state index contributed by atoms with van der Waals surface area (Å²) in [7, 11) is 2.18. The fourth-order valence-electron chi connectivity index (χ4n) is 3.35. The third kappa shape index (κ3) is 5.92. The highest BCUT2D eigenvalue weighted by Gasteiger charge is 2.19. The Hall–Kier alpha value is -2.67. The maximum atomic E-state index is 5.97. The van der Waals surface area contributed by atoms with Crippen LogP contribution < -0.4 is 15.8 Å². The van der Waals surface area contributed by atoms with E-state index >= 15 is 0 Å². The van der Waals surface area contributed by atoms with E-state index in [-0.39, 0.29) is 0 Å². The summed E-state index contributed by atoms with van der Waals surface area (Å²) in [6.07, 6.45) is 3.79. The van der Waals surface area contributed by atoms with Crippen LogP contribution in [-0.2, 0) is 6.54 Å². The van der Waals surface area contributed by atoms with Crippen LogP contribution in [0.4, 0.5) is 5.95 Å². The fraction of sp³-hybridized carbons (Fsp3) is 0.476. The molecule has 1 unspecified atom stereocenters. The highest BCUT2D eigenvalue weighted by atomic mass is 16.5. The minimum atomic E-state index is 0.297. The van der Waals surface area contributed by atoms with E-state index in [2.05, 4.69) is 32.2 Å². The molecule has 1 aromatic heterocycles. The highest BCUT2D eigenvalue weighted by molar-refractivity contribution is 5.90. The molecule has 1 saturated heterocycles. The Labute approximate surface area is 167 Å². The Morgan fingerprint density at radius 3 is 2.61 bits per heavy atom. The van der Waals surface area contributed by atoms with Crippen LogP contribution in [0.2, 0.25) is 0 Å². The molecule has 150 valence electrons. The average molecular weight is 383 g/mol. The molecule has 1 atom stereocenters. The van der Waals surface area contributed by atoms with Gasteiger partial charge in [0, 0.05) is 17.4 Å². The number of aryl methyl sites for hydroxylation is 2. The third-order valence-corrected chi connectivity index (χ3v) is 4.94. The van der Waals surface area contributed by atoms with Gasteiger partial charge in [-0.05, 0) is 64.0 Å². The third-order valence-electron chi connectivity index (χ3n) is 4.94. The number of likely N-dealkylation sites (tertiary alicyclic amines) is 1. The summed E-state index contributed by atoms with van der Waals surface area (Å²) in [5.41, 5.74) is 8.79. The molecule has 28 heavy (non-hydrogen) atoms. The number of likely N-dealkylation sites (N-methyl/N-ethyl adjacent to an activating group) is 1. The number of aromatic nitrogens is 2. The Bertz CT molecular complexity index is 785. The molecule has 0 saturated carbocycles. The van der Waals surface area contributed by atoms with E-state index in [4.69, 9.17) is 10.5 Å². The molecular formula is C21H30N6O. The Morgan fingerprint density at radius 2 is 1.93 bits per heavy atom. The van der Waals surface area contributed by atoms with E-state index < -0.39 is 0 Å². The van der Waals surface area contributed by atoms with Gasteiger partial charge in [0.2, 0.25) is 5.95 Å². The van der Waals surface area contributed by atoms with Crippen molar-refractivity contribution in [3.05, 3.63) is 47.3 Å². The van der Waals surface area contributed by atoms with Crippen LogP contribution in [0.1, 0.15) is 36.2 Å². The van der Waals surface area contributed by atoms with Gasteiger partial charge in [-0.15, -0.1) is 0 Å². The lowest BCUT2D eigenvalue weighted by Crippen LogP contribution is -2.40. The van der Waals surface area contributed by atoms with Crippen LogP contribution in [0.3, 0.4) is 0 Å². The van der Waals surface area contributed by atoms with Crippen molar-refractivity contribution >= 4 is 11.9 Å². The Kier molecular flexibility index (Phi) is 6.81. The zero-order chi connectivity index (χ0) is 19.9. The molecule has 1 fully saturated rings. The second-order valence-corrected chi connectivity index (χ2v) is 7.39. The van der Waals surface area contributed by atoms with Crippen molar-refractivity contribution in [3.63, 3.8) is 0 Å². The van der Waals surface area contributed by atoms with Gasteiger partial charge in [-0.2, -0.15) is 0 Å². The van der Waals surface area contributed by atoms with E-state index in [1.807, 2.05) is 44.2 Å². The van der Waals surface area contributed by atoms with Crippen LogP contribution >= 0.6 is 0 Å². The van der Waals surface area contributed by atoms with Crippen molar-refractivity contribution in [1.82, 2.24) is 14.9 Å². The number of nitrogens with one attached hydrogen (secondary N) is 1. The topological polar surface area (TPSA) is 88.7 Å². The molecule has 1 aliphatic rings. The fourth-order valence-corrected chi connectivity index (χ4v) is 3.35. The minimum absolute atomic E-state index is 0.297. The van der Waals surface area contributed by atoms with Crippen molar-refractivity contribution in [1.29, 1.82) is 0 Å². The van der Waals surface area contributed by atoms with Crippen LogP contribution in [0.5, 0.6) is 5.75 Å². The maximum Gasteiger partial charge on any atom is 0.229 e. The summed E-state index contributed by atoms with van der Waals surface area (Å²) in [6.45, 7) is 6.22. The van der Waals surface area contributed by atoms with Crippen molar-refractivity contribution in [2.75, 3.05) is 25.5 Å². The molecule has 7 nitrogen and oxygen atoms in total. The van der Waals surface area contributed by atoms with Crippen LogP contribution in [0.15, 0.2) is 35.3 Å². The first-order valence-corrected chi connectivity index (χ1v) is 9.81. The molecule has 2 heterocycles. The number of hydrogen-bond acceptors (Lipinski definition) is 5. The van der Waals surface area contributed by atoms with Gasteiger partial charge < -0.3 is 15.4 Å². The molecule has 1 aromatic carbocycles. The summed E-state index contributed by atoms with van der Waals surface area (Å²) in [5, 5.41) is 2.94. The lowest BCUT2D eigenvalue weighted by atomic mass is 10.0. The minimum Gasteiger partial charge on any atom is -0.492 e. The first-order chi connectivity index (χ1) is 13.5. The number of anilines is 1. The Morgan fingerprint density at radius 1 is 1.21 bits per heavy atom. The second-order valence-electron chi connectivity index (χ2n) is 7.39.